The highest BCUT2D eigenvalue weighted by molar-refractivity contribution is 5.90. The van der Waals surface area contributed by atoms with Crippen molar-refractivity contribution in [1.29, 1.82) is 0 Å². The van der Waals surface area contributed by atoms with Gasteiger partial charge in [0.25, 0.3) is 0 Å². The van der Waals surface area contributed by atoms with Crippen LogP contribution in [0, 0.1) is 13.8 Å². The SMILES string of the molecule is Cc1ccc(-n2ncc3c2ncn2nc(-c4ccc(C(C)(C)C)cc4)nc32)c(C)c1. The Morgan fingerprint density at radius 1 is 0.900 bits per heavy atom. The van der Waals surface area contributed by atoms with E-state index in [0.717, 1.165) is 33.5 Å². The third kappa shape index (κ3) is 2.96. The topological polar surface area (TPSA) is 60.9 Å². The maximum atomic E-state index is 4.81. The average Bonchev–Trinajstić information content (AvgIpc) is 3.31. The van der Waals surface area contributed by atoms with E-state index in [-0.39, 0.29) is 5.41 Å². The van der Waals surface area contributed by atoms with E-state index in [4.69, 9.17) is 4.98 Å². The molecule has 0 amide bonds. The first-order valence-corrected chi connectivity index (χ1v) is 10.1. The van der Waals surface area contributed by atoms with Gasteiger partial charge in [-0.25, -0.2) is 19.2 Å². The van der Waals surface area contributed by atoms with Crippen LogP contribution in [0.3, 0.4) is 0 Å². The van der Waals surface area contributed by atoms with E-state index in [1.165, 1.54) is 11.1 Å². The number of hydrogen-bond donors (Lipinski definition) is 0. The van der Waals surface area contributed by atoms with Crippen molar-refractivity contribution in [3.05, 3.63) is 71.7 Å². The molecule has 0 aliphatic rings. The molecule has 6 heteroatoms. The van der Waals surface area contributed by atoms with Crippen LogP contribution in [-0.4, -0.2) is 29.4 Å². The van der Waals surface area contributed by atoms with Crippen molar-refractivity contribution in [1.82, 2.24) is 29.4 Å². The van der Waals surface area contributed by atoms with Crippen LogP contribution in [0.2, 0.25) is 0 Å². The molecule has 150 valence electrons. The van der Waals surface area contributed by atoms with Crippen molar-refractivity contribution in [2.45, 2.75) is 40.0 Å². The van der Waals surface area contributed by atoms with Gasteiger partial charge in [-0.15, -0.1) is 5.10 Å². The molecular weight excluding hydrogens is 372 g/mol. The van der Waals surface area contributed by atoms with Crippen LogP contribution in [0.5, 0.6) is 0 Å². The molecule has 0 atom stereocenters. The number of benzene rings is 2. The highest BCUT2D eigenvalue weighted by atomic mass is 15.3. The second-order valence-corrected chi connectivity index (χ2v) is 8.86. The zero-order chi connectivity index (χ0) is 21.0. The van der Waals surface area contributed by atoms with Crippen LogP contribution in [-0.2, 0) is 5.41 Å². The monoisotopic (exact) mass is 396 g/mol. The van der Waals surface area contributed by atoms with Crippen molar-refractivity contribution < 1.29 is 0 Å². The summed E-state index contributed by atoms with van der Waals surface area (Å²) in [4.78, 5) is 9.43. The Morgan fingerprint density at radius 2 is 1.67 bits per heavy atom. The maximum absolute atomic E-state index is 4.81. The van der Waals surface area contributed by atoms with Gasteiger partial charge in [0.15, 0.2) is 17.1 Å². The van der Waals surface area contributed by atoms with Gasteiger partial charge in [0.2, 0.25) is 0 Å². The molecule has 0 spiro atoms. The van der Waals surface area contributed by atoms with Crippen molar-refractivity contribution in [2.75, 3.05) is 0 Å². The first kappa shape index (κ1) is 18.5. The molecule has 3 heterocycles. The van der Waals surface area contributed by atoms with Gasteiger partial charge in [-0.3, -0.25) is 0 Å². The number of rotatable bonds is 2. The first-order valence-electron chi connectivity index (χ1n) is 10.1. The standard InChI is InChI=1S/C24H24N6/c1-15-6-11-20(16(2)12-15)30-22-19(13-26-30)23-27-21(28-29(23)14-25-22)17-7-9-18(10-8-17)24(3,4)5/h6-14H,1-5H3. The zero-order valence-electron chi connectivity index (χ0n) is 17.9. The van der Waals surface area contributed by atoms with E-state index < -0.39 is 0 Å². The highest BCUT2D eigenvalue weighted by Gasteiger charge is 2.17. The molecular formula is C24H24N6. The van der Waals surface area contributed by atoms with E-state index in [1.807, 2.05) is 10.9 Å². The first-order chi connectivity index (χ1) is 14.3. The van der Waals surface area contributed by atoms with Crippen molar-refractivity contribution >= 4 is 16.7 Å². The Bertz CT molecular complexity index is 1380. The molecule has 2 aromatic carbocycles. The van der Waals surface area contributed by atoms with Gasteiger partial charge >= 0.3 is 0 Å². The van der Waals surface area contributed by atoms with E-state index in [0.29, 0.717) is 5.82 Å². The van der Waals surface area contributed by atoms with Gasteiger partial charge < -0.3 is 0 Å². The van der Waals surface area contributed by atoms with Crippen LogP contribution in [0.25, 0.3) is 33.8 Å². The Balaban J connectivity index is 1.62. The number of aryl methyl sites for hydroxylation is 2. The predicted octanol–water partition coefficient (Wildman–Crippen LogP) is 5.04. The molecule has 6 nitrogen and oxygen atoms in total. The molecule has 0 bridgehead atoms. The summed E-state index contributed by atoms with van der Waals surface area (Å²) in [5.41, 5.74) is 7.32. The Labute approximate surface area is 175 Å². The minimum atomic E-state index is 0.115. The van der Waals surface area contributed by atoms with Crippen molar-refractivity contribution in [3.63, 3.8) is 0 Å². The average molecular weight is 396 g/mol. The smallest absolute Gasteiger partial charge is 0.182 e. The fourth-order valence-corrected chi connectivity index (χ4v) is 3.78. The van der Waals surface area contributed by atoms with Gasteiger partial charge in [-0.2, -0.15) is 5.10 Å². The summed E-state index contributed by atoms with van der Waals surface area (Å²) < 4.78 is 3.60. The number of hydrogen-bond acceptors (Lipinski definition) is 4. The molecule has 0 N–H and O–H groups in total. The fourth-order valence-electron chi connectivity index (χ4n) is 3.78. The van der Waals surface area contributed by atoms with E-state index in [9.17, 15) is 0 Å². The quantitative estimate of drug-likeness (QED) is 0.419. The second kappa shape index (κ2) is 6.49. The normalized spacial score (nSPS) is 12.2. The van der Waals surface area contributed by atoms with E-state index >= 15 is 0 Å². The van der Waals surface area contributed by atoms with E-state index in [1.54, 1.807) is 10.8 Å². The minimum absolute atomic E-state index is 0.115. The molecule has 3 aromatic heterocycles. The van der Waals surface area contributed by atoms with Crippen LogP contribution >= 0.6 is 0 Å². The van der Waals surface area contributed by atoms with Gasteiger partial charge in [0, 0.05) is 5.56 Å². The third-order valence-corrected chi connectivity index (χ3v) is 5.49. The number of fused-ring (bicyclic) bond motifs is 3. The number of aromatic nitrogens is 6. The molecule has 0 aliphatic heterocycles. The molecule has 5 aromatic rings. The zero-order valence-corrected chi connectivity index (χ0v) is 17.9. The predicted molar refractivity (Wildman–Crippen MR) is 119 cm³/mol. The van der Waals surface area contributed by atoms with Gasteiger partial charge in [-0.1, -0.05) is 62.7 Å². The van der Waals surface area contributed by atoms with Crippen molar-refractivity contribution in [3.8, 4) is 17.1 Å². The van der Waals surface area contributed by atoms with Crippen molar-refractivity contribution in [2.24, 2.45) is 0 Å². The van der Waals surface area contributed by atoms with Crippen LogP contribution in [0.15, 0.2) is 55.0 Å². The largest absolute Gasteiger partial charge is 0.216 e. The Hall–Kier alpha value is -3.54. The summed E-state index contributed by atoms with van der Waals surface area (Å²) in [7, 11) is 0. The lowest BCUT2D eigenvalue weighted by molar-refractivity contribution is 0.590. The Kier molecular flexibility index (Phi) is 4.00. The fraction of sp³-hybridized carbons (Fsp3) is 0.250. The maximum Gasteiger partial charge on any atom is 0.182 e. The minimum Gasteiger partial charge on any atom is -0.216 e. The molecule has 0 saturated heterocycles. The number of nitrogens with zero attached hydrogens (tertiary/aromatic N) is 6. The lowest BCUT2D eigenvalue weighted by Gasteiger charge is -2.18. The molecule has 0 saturated carbocycles. The van der Waals surface area contributed by atoms with E-state index in [2.05, 4.69) is 92.3 Å². The highest BCUT2D eigenvalue weighted by Crippen LogP contribution is 2.27. The van der Waals surface area contributed by atoms with Gasteiger partial charge in [-0.05, 0) is 36.5 Å². The molecule has 30 heavy (non-hydrogen) atoms. The summed E-state index contributed by atoms with van der Waals surface area (Å²) in [6.45, 7) is 10.8. The van der Waals surface area contributed by atoms with Crippen LogP contribution in [0.4, 0.5) is 0 Å². The second-order valence-electron chi connectivity index (χ2n) is 8.86. The molecule has 0 unspecified atom stereocenters. The molecule has 0 radical (unpaired) electrons. The molecule has 0 aliphatic carbocycles. The summed E-state index contributed by atoms with van der Waals surface area (Å²) in [6, 6.07) is 14.8. The van der Waals surface area contributed by atoms with Gasteiger partial charge in [0.05, 0.1) is 17.3 Å². The lowest BCUT2D eigenvalue weighted by Crippen LogP contribution is -2.10. The Morgan fingerprint density at radius 3 is 2.37 bits per heavy atom. The molecule has 0 fully saturated rings. The summed E-state index contributed by atoms with van der Waals surface area (Å²) >= 11 is 0. The summed E-state index contributed by atoms with van der Waals surface area (Å²) in [5, 5.41) is 10.1. The molecule has 5 rings (SSSR count). The van der Waals surface area contributed by atoms with Crippen LogP contribution < -0.4 is 0 Å². The third-order valence-electron chi connectivity index (χ3n) is 5.49. The summed E-state index contributed by atoms with van der Waals surface area (Å²) in [5.74, 6) is 0.684. The van der Waals surface area contributed by atoms with Gasteiger partial charge in [0.1, 0.15) is 6.33 Å². The lowest BCUT2D eigenvalue weighted by atomic mass is 9.87. The van der Waals surface area contributed by atoms with Crippen LogP contribution in [0.1, 0.15) is 37.5 Å². The summed E-state index contributed by atoms with van der Waals surface area (Å²) in [6.07, 6.45) is 3.53.